The van der Waals surface area contributed by atoms with Crippen LogP contribution in [0, 0.1) is 13.8 Å². The number of hydrogen-bond acceptors (Lipinski definition) is 3. The van der Waals surface area contributed by atoms with Gasteiger partial charge in [0, 0.05) is 17.1 Å². The Labute approximate surface area is 192 Å². The first-order valence-electron chi connectivity index (χ1n) is 10.5. The van der Waals surface area contributed by atoms with Crippen LogP contribution >= 0.6 is 11.6 Å². The van der Waals surface area contributed by atoms with Gasteiger partial charge in [0.1, 0.15) is 5.76 Å². The summed E-state index contributed by atoms with van der Waals surface area (Å²) in [7, 11) is 0. The molecule has 0 saturated carbocycles. The van der Waals surface area contributed by atoms with Crippen molar-refractivity contribution in [1.82, 2.24) is 4.90 Å². The molecule has 1 amide bonds. The maximum absolute atomic E-state index is 13.2. The van der Waals surface area contributed by atoms with Crippen molar-refractivity contribution in [1.29, 1.82) is 0 Å². The van der Waals surface area contributed by atoms with Gasteiger partial charge in [0.2, 0.25) is 0 Å². The van der Waals surface area contributed by atoms with E-state index in [1.165, 1.54) is 0 Å². The minimum atomic E-state index is -0.684. The standard InChI is InChI=1S/C27H24ClNO3/c1-17-8-9-18(2)22(16-17)25(30)23-24(20-10-12-21(28)13-11-20)29(27(32)26(23)31)15-14-19-6-4-3-5-7-19/h3-13,16,24,30H,14-15H2,1-2H3. The summed E-state index contributed by atoms with van der Waals surface area (Å²) >= 11 is 6.08. The van der Waals surface area contributed by atoms with Crippen molar-refractivity contribution in [2.45, 2.75) is 26.3 Å². The summed E-state index contributed by atoms with van der Waals surface area (Å²) in [5.41, 5.74) is 4.26. The van der Waals surface area contributed by atoms with Crippen LogP contribution in [0.4, 0.5) is 0 Å². The number of Topliss-reactive ketones (excluding diaryl/α,β-unsaturated/α-hetero) is 1. The monoisotopic (exact) mass is 445 g/mol. The summed E-state index contributed by atoms with van der Waals surface area (Å²) in [6.07, 6.45) is 0.599. The van der Waals surface area contributed by atoms with Crippen molar-refractivity contribution in [3.05, 3.63) is 111 Å². The zero-order chi connectivity index (χ0) is 22.8. The molecule has 4 rings (SSSR count). The van der Waals surface area contributed by atoms with Crippen LogP contribution in [0.3, 0.4) is 0 Å². The maximum Gasteiger partial charge on any atom is 0.295 e. The highest BCUT2D eigenvalue weighted by atomic mass is 35.5. The Morgan fingerprint density at radius 3 is 2.34 bits per heavy atom. The molecule has 0 bridgehead atoms. The van der Waals surface area contributed by atoms with Gasteiger partial charge < -0.3 is 10.0 Å². The Morgan fingerprint density at radius 1 is 0.969 bits per heavy atom. The van der Waals surface area contributed by atoms with Crippen LogP contribution in [0.5, 0.6) is 0 Å². The summed E-state index contributed by atoms with van der Waals surface area (Å²) in [5.74, 6) is -1.42. The van der Waals surface area contributed by atoms with E-state index in [1.807, 2.05) is 62.4 Å². The molecule has 1 N–H and O–H groups in total. The van der Waals surface area contributed by atoms with Gasteiger partial charge in [-0.1, -0.05) is 71.8 Å². The summed E-state index contributed by atoms with van der Waals surface area (Å²) in [6.45, 7) is 4.15. The number of likely N-dealkylation sites (tertiary alicyclic amines) is 1. The molecule has 1 aliphatic heterocycles. The lowest BCUT2D eigenvalue weighted by atomic mass is 9.93. The van der Waals surface area contributed by atoms with Gasteiger partial charge >= 0.3 is 0 Å². The van der Waals surface area contributed by atoms with Crippen LogP contribution < -0.4 is 0 Å². The minimum Gasteiger partial charge on any atom is -0.507 e. The Bertz CT molecular complexity index is 1200. The molecule has 1 atom stereocenters. The van der Waals surface area contributed by atoms with Crippen LogP contribution in [0.2, 0.25) is 5.02 Å². The normalized spacial score (nSPS) is 17.7. The van der Waals surface area contributed by atoms with E-state index in [9.17, 15) is 14.7 Å². The van der Waals surface area contributed by atoms with Crippen molar-refractivity contribution in [3.63, 3.8) is 0 Å². The van der Waals surface area contributed by atoms with Gasteiger partial charge in [-0.05, 0) is 55.2 Å². The lowest BCUT2D eigenvalue weighted by molar-refractivity contribution is -0.139. The second-order valence-electron chi connectivity index (χ2n) is 8.10. The zero-order valence-electron chi connectivity index (χ0n) is 18.0. The number of hydrogen-bond donors (Lipinski definition) is 1. The van der Waals surface area contributed by atoms with Crippen molar-refractivity contribution in [2.24, 2.45) is 0 Å². The highest BCUT2D eigenvalue weighted by Crippen LogP contribution is 2.40. The molecule has 162 valence electrons. The number of carbonyl (C=O) groups is 2. The molecule has 32 heavy (non-hydrogen) atoms. The van der Waals surface area contributed by atoms with Gasteiger partial charge in [-0.25, -0.2) is 0 Å². The van der Waals surface area contributed by atoms with Gasteiger partial charge in [0.25, 0.3) is 11.7 Å². The summed E-state index contributed by atoms with van der Waals surface area (Å²) < 4.78 is 0. The number of ketones is 1. The number of benzene rings is 3. The van der Waals surface area contributed by atoms with E-state index < -0.39 is 17.7 Å². The number of aryl methyl sites for hydroxylation is 2. The van der Waals surface area contributed by atoms with E-state index in [0.29, 0.717) is 23.6 Å². The third-order valence-electron chi connectivity index (χ3n) is 5.86. The average molecular weight is 446 g/mol. The number of halogens is 1. The van der Waals surface area contributed by atoms with Crippen molar-refractivity contribution in [2.75, 3.05) is 6.54 Å². The number of aliphatic hydroxyl groups excluding tert-OH is 1. The average Bonchev–Trinajstić information content (AvgIpc) is 3.05. The molecule has 5 heteroatoms. The molecule has 0 aromatic heterocycles. The van der Waals surface area contributed by atoms with Crippen LogP contribution in [0.1, 0.15) is 33.9 Å². The van der Waals surface area contributed by atoms with E-state index in [-0.39, 0.29) is 11.3 Å². The summed E-state index contributed by atoms with van der Waals surface area (Å²) in [6, 6.07) is 21.8. The molecule has 1 fully saturated rings. The smallest absolute Gasteiger partial charge is 0.295 e. The molecular weight excluding hydrogens is 422 g/mol. The Hall–Kier alpha value is -3.37. The maximum atomic E-state index is 13.2. The topological polar surface area (TPSA) is 57.6 Å². The SMILES string of the molecule is Cc1ccc(C)c(C(O)=C2C(=O)C(=O)N(CCc3ccccc3)C2c2ccc(Cl)cc2)c1. The number of nitrogens with zero attached hydrogens (tertiary/aromatic N) is 1. The lowest BCUT2D eigenvalue weighted by Crippen LogP contribution is -2.31. The Balaban J connectivity index is 1.82. The molecule has 1 saturated heterocycles. The van der Waals surface area contributed by atoms with Crippen LogP contribution in [-0.4, -0.2) is 28.2 Å². The summed E-state index contributed by atoms with van der Waals surface area (Å²) in [5, 5.41) is 11.8. The second-order valence-corrected chi connectivity index (χ2v) is 8.53. The predicted molar refractivity (Wildman–Crippen MR) is 127 cm³/mol. The molecule has 4 nitrogen and oxygen atoms in total. The van der Waals surface area contributed by atoms with Gasteiger partial charge in [-0.2, -0.15) is 0 Å². The quantitative estimate of drug-likeness (QED) is 0.315. The third-order valence-corrected chi connectivity index (χ3v) is 6.11. The molecule has 1 unspecified atom stereocenters. The number of amides is 1. The fourth-order valence-electron chi connectivity index (χ4n) is 4.13. The fraction of sp³-hybridized carbons (Fsp3) is 0.185. The Morgan fingerprint density at radius 2 is 1.66 bits per heavy atom. The minimum absolute atomic E-state index is 0.110. The molecule has 0 aliphatic carbocycles. The lowest BCUT2D eigenvalue weighted by Gasteiger charge is -2.25. The molecule has 0 spiro atoms. The molecule has 3 aromatic carbocycles. The van der Waals surface area contributed by atoms with Crippen molar-refractivity contribution < 1.29 is 14.7 Å². The number of aliphatic hydroxyl groups is 1. The first-order chi connectivity index (χ1) is 15.4. The second kappa shape index (κ2) is 9.01. The van der Waals surface area contributed by atoms with E-state index in [2.05, 4.69) is 0 Å². The van der Waals surface area contributed by atoms with Crippen LogP contribution in [0.25, 0.3) is 5.76 Å². The van der Waals surface area contributed by atoms with Gasteiger partial charge in [-0.3, -0.25) is 9.59 Å². The zero-order valence-corrected chi connectivity index (χ0v) is 18.8. The molecule has 3 aromatic rings. The van der Waals surface area contributed by atoms with Gasteiger partial charge in [-0.15, -0.1) is 0 Å². The molecule has 0 radical (unpaired) electrons. The predicted octanol–water partition coefficient (Wildman–Crippen LogP) is 5.62. The number of carbonyl (C=O) groups excluding carboxylic acids is 2. The number of rotatable bonds is 5. The largest absolute Gasteiger partial charge is 0.507 e. The Kier molecular flexibility index (Phi) is 6.15. The van der Waals surface area contributed by atoms with Crippen LogP contribution in [-0.2, 0) is 16.0 Å². The van der Waals surface area contributed by atoms with E-state index in [1.54, 1.807) is 29.2 Å². The first-order valence-corrected chi connectivity index (χ1v) is 10.9. The highest BCUT2D eigenvalue weighted by molar-refractivity contribution is 6.46. The summed E-state index contributed by atoms with van der Waals surface area (Å²) in [4.78, 5) is 27.8. The highest BCUT2D eigenvalue weighted by Gasteiger charge is 2.45. The van der Waals surface area contributed by atoms with E-state index >= 15 is 0 Å². The van der Waals surface area contributed by atoms with Crippen LogP contribution in [0.15, 0.2) is 78.4 Å². The van der Waals surface area contributed by atoms with E-state index in [0.717, 1.165) is 22.3 Å². The first kappa shape index (κ1) is 21.8. The van der Waals surface area contributed by atoms with E-state index in [4.69, 9.17) is 11.6 Å². The van der Waals surface area contributed by atoms with Gasteiger partial charge in [0.05, 0.1) is 11.6 Å². The van der Waals surface area contributed by atoms with Crippen molar-refractivity contribution in [3.8, 4) is 0 Å². The molecule has 1 aliphatic rings. The molecule has 1 heterocycles. The fourth-order valence-corrected chi connectivity index (χ4v) is 4.26. The molecular formula is C27H24ClNO3. The third kappa shape index (κ3) is 4.19. The van der Waals surface area contributed by atoms with Gasteiger partial charge in [0.15, 0.2) is 0 Å². The van der Waals surface area contributed by atoms with Crippen molar-refractivity contribution >= 4 is 29.1 Å².